The van der Waals surface area contributed by atoms with E-state index in [1.54, 1.807) is 11.5 Å². The summed E-state index contributed by atoms with van der Waals surface area (Å²) >= 11 is 0. The lowest BCUT2D eigenvalue weighted by Gasteiger charge is -2.05. The number of benzene rings is 2. The second kappa shape index (κ2) is 6.41. The fourth-order valence-electron chi connectivity index (χ4n) is 2.40. The van der Waals surface area contributed by atoms with Crippen molar-refractivity contribution in [2.45, 2.75) is 12.8 Å². The molecule has 0 atom stereocenters. The molecule has 1 amide bonds. The van der Waals surface area contributed by atoms with Crippen LogP contribution in [0.4, 0.5) is 0 Å². The molecule has 0 spiro atoms. The highest BCUT2D eigenvalue weighted by Crippen LogP contribution is 2.12. The average molecular weight is 309 g/mol. The maximum absolute atomic E-state index is 12.1. The number of hydroxylamine groups is 1. The predicted molar refractivity (Wildman–Crippen MR) is 85.5 cm³/mol. The number of nitrogens with one attached hydrogen (secondary N) is 2. The number of aromatic amines is 1. The first-order valence-corrected chi connectivity index (χ1v) is 7.18. The number of nitrogens with zero attached hydrogens (tertiary/aromatic N) is 1. The summed E-state index contributed by atoms with van der Waals surface area (Å²) < 4.78 is 0. The van der Waals surface area contributed by atoms with Crippen LogP contribution in [0.1, 0.15) is 21.6 Å². The van der Waals surface area contributed by atoms with Gasteiger partial charge in [0.2, 0.25) is 0 Å². The van der Waals surface area contributed by atoms with Gasteiger partial charge in [-0.3, -0.25) is 14.8 Å². The lowest BCUT2D eigenvalue weighted by molar-refractivity contribution is 0.0706. The van der Waals surface area contributed by atoms with Crippen molar-refractivity contribution in [2.24, 2.45) is 0 Å². The highest BCUT2D eigenvalue weighted by atomic mass is 16.5. The number of hydrogen-bond acceptors (Lipinski definition) is 4. The molecule has 23 heavy (non-hydrogen) atoms. The quantitative estimate of drug-likeness (QED) is 0.506. The number of aryl methyl sites for hydroxylation is 2. The number of aromatic nitrogens is 2. The maximum Gasteiger partial charge on any atom is 0.274 e. The van der Waals surface area contributed by atoms with Crippen molar-refractivity contribution in [1.82, 2.24) is 15.4 Å². The second-order valence-corrected chi connectivity index (χ2v) is 5.17. The first kappa shape index (κ1) is 14.9. The summed E-state index contributed by atoms with van der Waals surface area (Å²) in [5.74, 6) is -0.620. The minimum atomic E-state index is -0.620. The van der Waals surface area contributed by atoms with E-state index in [2.05, 4.69) is 9.97 Å². The van der Waals surface area contributed by atoms with Gasteiger partial charge in [0.25, 0.3) is 11.5 Å². The molecule has 0 aliphatic carbocycles. The Kier molecular flexibility index (Phi) is 4.16. The summed E-state index contributed by atoms with van der Waals surface area (Å²) in [4.78, 5) is 30.7. The zero-order valence-electron chi connectivity index (χ0n) is 12.2. The minimum Gasteiger partial charge on any atom is -0.319 e. The molecular formula is C17H15N3O3. The van der Waals surface area contributed by atoms with Crippen LogP contribution in [0.2, 0.25) is 0 Å². The highest BCUT2D eigenvalue weighted by Gasteiger charge is 2.09. The molecule has 0 radical (unpaired) electrons. The van der Waals surface area contributed by atoms with Crippen molar-refractivity contribution in [2.75, 3.05) is 0 Å². The zero-order valence-corrected chi connectivity index (χ0v) is 12.2. The molecule has 0 fully saturated rings. The van der Waals surface area contributed by atoms with Crippen LogP contribution < -0.4 is 11.0 Å². The molecular weight excluding hydrogens is 294 g/mol. The van der Waals surface area contributed by atoms with Gasteiger partial charge in [0, 0.05) is 5.56 Å². The van der Waals surface area contributed by atoms with Crippen LogP contribution in [-0.2, 0) is 12.8 Å². The van der Waals surface area contributed by atoms with Crippen LogP contribution in [0.15, 0.2) is 53.3 Å². The summed E-state index contributed by atoms with van der Waals surface area (Å²) in [6.07, 6.45) is 1.21. The van der Waals surface area contributed by atoms with Gasteiger partial charge >= 0.3 is 0 Å². The van der Waals surface area contributed by atoms with Crippen LogP contribution in [0.25, 0.3) is 11.0 Å². The van der Waals surface area contributed by atoms with E-state index >= 15 is 0 Å². The SMILES string of the molecule is O=C(NO)c1ccc2[nH]c(=O)c(CCc3ccccc3)nc2c1. The molecule has 0 aliphatic heterocycles. The molecule has 0 saturated heterocycles. The minimum absolute atomic E-state index is 0.229. The van der Waals surface area contributed by atoms with Crippen molar-refractivity contribution in [3.63, 3.8) is 0 Å². The van der Waals surface area contributed by atoms with Crippen molar-refractivity contribution in [1.29, 1.82) is 0 Å². The number of carbonyl (C=O) groups is 1. The van der Waals surface area contributed by atoms with E-state index in [-0.39, 0.29) is 11.1 Å². The average Bonchev–Trinajstić information content (AvgIpc) is 2.59. The topological polar surface area (TPSA) is 95.1 Å². The van der Waals surface area contributed by atoms with Gasteiger partial charge in [0.15, 0.2) is 0 Å². The summed E-state index contributed by atoms with van der Waals surface area (Å²) in [5.41, 5.74) is 4.23. The van der Waals surface area contributed by atoms with Crippen molar-refractivity contribution in [3.8, 4) is 0 Å². The summed E-state index contributed by atoms with van der Waals surface area (Å²) in [6, 6.07) is 14.5. The summed E-state index contributed by atoms with van der Waals surface area (Å²) in [5, 5.41) is 8.69. The standard InChI is InChI=1S/C17H15N3O3/c21-16(20-23)12-7-9-13-15(10-12)18-14(17(22)19-13)8-6-11-4-2-1-3-5-11/h1-5,7,9-10,23H,6,8H2,(H,19,22)(H,20,21). The smallest absolute Gasteiger partial charge is 0.274 e. The number of rotatable bonds is 4. The van der Waals surface area contributed by atoms with Crippen LogP contribution in [0.3, 0.4) is 0 Å². The van der Waals surface area contributed by atoms with Crippen molar-refractivity contribution >= 4 is 16.9 Å². The van der Waals surface area contributed by atoms with Gasteiger partial charge in [-0.2, -0.15) is 0 Å². The molecule has 6 nitrogen and oxygen atoms in total. The predicted octanol–water partition coefficient (Wildman–Crippen LogP) is 1.83. The lowest BCUT2D eigenvalue weighted by Crippen LogP contribution is -2.19. The highest BCUT2D eigenvalue weighted by molar-refractivity contribution is 5.96. The normalized spacial score (nSPS) is 10.7. The van der Waals surface area contributed by atoms with E-state index in [0.29, 0.717) is 29.6 Å². The van der Waals surface area contributed by atoms with Gasteiger partial charge < -0.3 is 4.98 Å². The molecule has 6 heteroatoms. The molecule has 116 valence electrons. The van der Waals surface area contributed by atoms with Gasteiger partial charge in [0.05, 0.1) is 11.0 Å². The van der Waals surface area contributed by atoms with Gasteiger partial charge in [-0.25, -0.2) is 10.5 Å². The zero-order chi connectivity index (χ0) is 16.2. The van der Waals surface area contributed by atoms with Crippen LogP contribution in [-0.4, -0.2) is 21.1 Å². The van der Waals surface area contributed by atoms with Gasteiger partial charge in [-0.15, -0.1) is 0 Å². The Morgan fingerprint density at radius 2 is 1.91 bits per heavy atom. The summed E-state index contributed by atoms with van der Waals surface area (Å²) in [6.45, 7) is 0. The number of H-pyrrole nitrogens is 1. The largest absolute Gasteiger partial charge is 0.319 e. The van der Waals surface area contributed by atoms with Crippen molar-refractivity contribution < 1.29 is 10.0 Å². The lowest BCUT2D eigenvalue weighted by atomic mass is 10.1. The number of carbonyl (C=O) groups excluding carboxylic acids is 1. The van der Waals surface area contributed by atoms with Crippen LogP contribution >= 0.6 is 0 Å². The van der Waals surface area contributed by atoms with E-state index in [1.807, 2.05) is 30.3 Å². The number of hydrogen-bond donors (Lipinski definition) is 3. The molecule has 1 heterocycles. The Morgan fingerprint density at radius 1 is 1.13 bits per heavy atom. The molecule has 3 rings (SSSR count). The number of amides is 1. The van der Waals surface area contributed by atoms with E-state index < -0.39 is 5.91 Å². The van der Waals surface area contributed by atoms with E-state index in [9.17, 15) is 9.59 Å². The molecule has 3 N–H and O–H groups in total. The Bertz CT molecular complexity index is 904. The Labute approximate surface area is 131 Å². The van der Waals surface area contributed by atoms with Crippen LogP contribution in [0, 0.1) is 0 Å². The van der Waals surface area contributed by atoms with Gasteiger partial charge in [0.1, 0.15) is 5.69 Å². The van der Waals surface area contributed by atoms with Gasteiger partial charge in [-0.1, -0.05) is 30.3 Å². The summed E-state index contributed by atoms with van der Waals surface area (Å²) in [7, 11) is 0. The third-order valence-corrected chi connectivity index (χ3v) is 3.62. The molecule has 0 unspecified atom stereocenters. The molecule has 0 aliphatic rings. The third-order valence-electron chi connectivity index (χ3n) is 3.62. The Balaban J connectivity index is 1.92. The fourth-order valence-corrected chi connectivity index (χ4v) is 2.40. The molecule has 3 aromatic rings. The van der Waals surface area contributed by atoms with E-state index in [1.165, 1.54) is 12.1 Å². The molecule has 2 aromatic carbocycles. The first-order chi connectivity index (χ1) is 11.2. The van der Waals surface area contributed by atoms with E-state index in [4.69, 9.17) is 5.21 Å². The van der Waals surface area contributed by atoms with Gasteiger partial charge in [-0.05, 0) is 36.6 Å². The van der Waals surface area contributed by atoms with Crippen molar-refractivity contribution in [3.05, 3.63) is 75.7 Å². The monoisotopic (exact) mass is 309 g/mol. The maximum atomic E-state index is 12.1. The van der Waals surface area contributed by atoms with Crippen LogP contribution in [0.5, 0.6) is 0 Å². The Hall–Kier alpha value is -2.99. The number of fused-ring (bicyclic) bond motifs is 1. The van der Waals surface area contributed by atoms with E-state index in [0.717, 1.165) is 5.56 Å². The molecule has 0 saturated carbocycles. The second-order valence-electron chi connectivity index (χ2n) is 5.17. The first-order valence-electron chi connectivity index (χ1n) is 7.18. The Morgan fingerprint density at radius 3 is 2.65 bits per heavy atom. The molecule has 1 aromatic heterocycles. The fraction of sp³-hybridized carbons (Fsp3) is 0.118. The molecule has 0 bridgehead atoms. The third kappa shape index (κ3) is 3.27.